The highest BCUT2D eigenvalue weighted by molar-refractivity contribution is 7.90. The van der Waals surface area contributed by atoms with E-state index in [0.29, 0.717) is 22.9 Å². The second-order valence-electron chi connectivity index (χ2n) is 6.46. The van der Waals surface area contributed by atoms with Crippen LogP contribution in [0.1, 0.15) is 10.5 Å². The fourth-order valence-corrected chi connectivity index (χ4v) is 3.23. The van der Waals surface area contributed by atoms with Gasteiger partial charge in [0.2, 0.25) is 0 Å². The highest BCUT2D eigenvalue weighted by atomic mass is 32.2. The molecule has 0 unspecified atom stereocenters. The molecule has 3 amide bonds. The first-order chi connectivity index (χ1) is 14.7. The molecular weight excluding hydrogens is 420 g/mol. The summed E-state index contributed by atoms with van der Waals surface area (Å²) in [6.45, 7) is 0. The van der Waals surface area contributed by atoms with Gasteiger partial charge in [-0.3, -0.25) is 9.78 Å². The number of aromatic nitrogens is 1. The van der Waals surface area contributed by atoms with E-state index in [9.17, 15) is 18.0 Å². The molecule has 0 saturated heterocycles. The van der Waals surface area contributed by atoms with Crippen LogP contribution >= 0.6 is 0 Å². The number of nitrogens with zero attached hydrogens (tertiary/aromatic N) is 1. The van der Waals surface area contributed by atoms with Crippen LogP contribution in [0.25, 0.3) is 0 Å². The summed E-state index contributed by atoms with van der Waals surface area (Å²) in [5.41, 5.74) is 1.09. The topological polar surface area (TPSA) is 126 Å². The van der Waals surface area contributed by atoms with Gasteiger partial charge in [0.25, 0.3) is 5.91 Å². The molecule has 1 aromatic heterocycles. The van der Waals surface area contributed by atoms with Crippen molar-refractivity contribution >= 4 is 33.2 Å². The Morgan fingerprint density at radius 1 is 0.903 bits per heavy atom. The standard InChI is InChI=1S/C21H20N4O5S/c1-22-20(26)19-13-17(10-11-23-19)30-16-8-6-14(7-9-16)24-21(27)25-15-4-3-5-18(12-15)31(2,28)29/h3-13H,1-2H3,(H,22,26)(H2,24,25,27). The maximum Gasteiger partial charge on any atom is 0.323 e. The van der Waals surface area contributed by atoms with E-state index >= 15 is 0 Å². The van der Waals surface area contributed by atoms with Crippen LogP contribution in [0.2, 0.25) is 0 Å². The summed E-state index contributed by atoms with van der Waals surface area (Å²) in [6, 6.07) is 15.2. The smallest absolute Gasteiger partial charge is 0.323 e. The van der Waals surface area contributed by atoms with Gasteiger partial charge in [0, 0.05) is 36.9 Å². The minimum absolute atomic E-state index is 0.113. The molecule has 0 radical (unpaired) electrons. The zero-order valence-electron chi connectivity index (χ0n) is 16.7. The zero-order chi connectivity index (χ0) is 22.4. The minimum atomic E-state index is -3.37. The van der Waals surface area contributed by atoms with Crippen molar-refractivity contribution in [1.29, 1.82) is 0 Å². The lowest BCUT2D eigenvalue weighted by Gasteiger charge is -2.10. The van der Waals surface area contributed by atoms with Crippen molar-refractivity contribution in [3.8, 4) is 11.5 Å². The zero-order valence-corrected chi connectivity index (χ0v) is 17.6. The molecule has 3 rings (SSSR count). The molecule has 9 nitrogen and oxygen atoms in total. The lowest BCUT2D eigenvalue weighted by Crippen LogP contribution is -2.19. The van der Waals surface area contributed by atoms with Crippen molar-refractivity contribution in [2.45, 2.75) is 4.90 Å². The molecule has 0 aliphatic rings. The number of hydrogen-bond acceptors (Lipinski definition) is 6. The van der Waals surface area contributed by atoms with Gasteiger partial charge in [0.15, 0.2) is 9.84 Å². The van der Waals surface area contributed by atoms with Crippen molar-refractivity contribution in [2.75, 3.05) is 23.9 Å². The number of urea groups is 1. The molecule has 10 heteroatoms. The normalized spacial score (nSPS) is 10.8. The number of sulfone groups is 1. The second-order valence-corrected chi connectivity index (χ2v) is 8.48. The van der Waals surface area contributed by atoms with E-state index in [0.717, 1.165) is 6.26 Å². The Hall–Kier alpha value is -3.92. The quantitative estimate of drug-likeness (QED) is 0.540. The lowest BCUT2D eigenvalue weighted by molar-refractivity contribution is 0.0957. The summed E-state index contributed by atoms with van der Waals surface area (Å²) in [7, 11) is -1.86. The highest BCUT2D eigenvalue weighted by Crippen LogP contribution is 2.23. The predicted octanol–water partition coefficient (Wildman–Crippen LogP) is 3.28. The number of ether oxygens (including phenoxy) is 1. The van der Waals surface area contributed by atoms with Crippen molar-refractivity contribution in [3.05, 3.63) is 72.6 Å². The molecule has 160 valence electrons. The van der Waals surface area contributed by atoms with E-state index in [1.807, 2.05) is 0 Å². The summed E-state index contributed by atoms with van der Waals surface area (Å²) >= 11 is 0. The van der Waals surface area contributed by atoms with Gasteiger partial charge >= 0.3 is 6.03 Å². The molecule has 2 aromatic carbocycles. The molecule has 31 heavy (non-hydrogen) atoms. The second kappa shape index (κ2) is 9.26. The highest BCUT2D eigenvalue weighted by Gasteiger charge is 2.10. The van der Waals surface area contributed by atoms with Crippen molar-refractivity contribution < 1.29 is 22.7 Å². The third kappa shape index (κ3) is 6.03. The number of nitrogens with one attached hydrogen (secondary N) is 3. The van der Waals surface area contributed by atoms with E-state index in [4.69, 9.17) is 4.74 Å². The molecule has 1 heterocycles. The van der Waals surface area contributed by atoms with Gasteiger partial charge in [0.05, 0.1) is 4.90 Å². The van der Waals surface area contributed by atoms with E-state index < -0.39 is 15.9 Å². The predicted molar refractivity (Wildman–Crippen MR) is 116 cm³/mol. The van der Waals surface area contributed by atoms with Crippen LogP contribution in [0.5, 0.6) is 11.5 Å². The van der Waals surface area contributed by atoms with Gasteiger partial charge in [-0.2, -0.15) is 0 Å². The van der Waals surface area contributed by atoms with Gasteiger partial charge in [0.1, 0.15) is 17.2 Å². The first-order valence-corrected chi connectivity index (χ1v) is 11.0. The van der Waals surface area contributed by atoms with Crippen LogP contribution in [0, 0.1) is 0 Å². The van der Waals surface area contributed by atoms with Crippen LogP contribution in [0.4, 0.5) is 16.2 Å². The first-order valence-electron chi connectivity index (χ1n) is 9.09. The number of hydrogen-bond donors (Lipinski definition) is 3. The largest absolute Gasteiger partial charge is 0.457 e. The molecule has 0 saturated carbocycles. The van der Waals surface area contributed by atoms with E-state index in [1.165, 1.54) is 31.4 Å². The first kappa shape index (κ1) is 21.8. The van der Waals surface area contributed by atoms with Gasteiger partial charge in [-0.15, -0.1) is 0 Å². The number of carbonyl (C=O) groups is 2. The summed E-state index contributed by atoms with van der Waals surface area (Å²) in [5, 5.41) is 7.74. The summed E-state index contributed by atoms with van der Waals surface area (Å²) in [5.74, 6) is 0.622. The van der Waals surface area contributed by atoms with Gasteiger partial charge < -0.3 is 20.7 Å². The third-order valence-corrected chi connectivity index (χ3v) is 5.17. The Morgan fingerprint density at radius 3 is 2.29 bits per heavy atom. The molecule has 0 bridgehead atoms. The number of anilines is 2. The fourth-order valence-electron chi connectivity index (χ4n) is 2.57. The van der Waals surface area contributed by atoms with E-state index in [1.54, 1.807) is 42.5 Å². The molecule has 0 atom stereocenters. The van der Waals surface area contributed by atoms with Crippen molar-refractivity contribution in [2.24, 2.45) is 0 Å². The molecule has 0 aliphatic carbocycles. The fraction of sp³-hybridized carbons (Fsp3) is 0.0952. The van der Waals surface area contributed by atoms with Gasteiger partial charge in [-0.25, -0.2) is 13.2 Å². The average Bonchev–Trinajstić information content (AvgIpc) is 2.74. The summed E-state index contributed by atoms with van der Waals surface area (Å²) in [6.07, 6.45) is 2.57. The van der Waals surface area contributed by atoms with Crippen LogP contribution in [-0.2, 0) is 9.84 Å². The Labute approximate surface area is 179 Å². The maximum absolute atomic E-state index is 12.2. The molecule has 0 fully saturated rings. The Balaban J connectivity index is 1.62. The molecule has 0 spiro atoms. The number of pyridine rings is 1. The van der Waals surface area contributed by atoms with Crippen LogP contribution in [0.3, 0.4) is 0 Å². The van der Waals surface area contributed by atoms with Gasteiger partial charge in [-0.05, 0) is 48.5 Å². The van der Waals surface area contributed by atoms with Crippen molar-refractivity contribution in [1.82, 2.24) is 10.3 Å². The third-order valence-electron chi connectivity index (χ3n) is 4.06. The number of amides is 3. The van der Waals surface area contributed by atoms with Crippen LogP contribution < -0.4 is 20.7 Å². The Morgan fingerprint density at radius 2 is 1.61 bits per heavy atom. The molecule has 3 aromatic rings. The molecule has 3 N–H and O–H groups in total. The summed E-state index contributed by atoms with van der Waals surface area (Å²) < 4.78 is 29.0. The molecular formula is C21H20N4O5S. The lowest BCUT2D eigenvalue weighted by atomic mass is 10.3. The Bertz CT molecular complexity index is 1210. The van der Waals surface area contributed by atoms with E-state index in [-0.39, 0.29) is 16.5 Å². The Kier molecular flexibility index (Phi) is 6.51. The monoisotopic (exact) mass is 440 g/mol. The van der Waals surface area contributed by atoms with E-state index in [2.05, 4.69) is 20.9 Å². The van der Waals surface area contributed by atoms with Gasteiger partial charge in [-0.1, -0.05) is 6.07 Å². The average molecular weight is 440 g/mol. The molecule has 0 aliphatic heterocycles. The minimum Gasteiger partial charge on any atom is -0.457 e. The van der Waals surface area contributed by atoms with Crippen LogP contribution in [-0.4, -0.2) is 38.6 Å². The van der Waals surface area contributed by atoms with Crippen LogP contribution in [0.15, 0.2) is 71.8 Å². The maximum atomic E-state index is 12.2. The number of rotatable bonds is 6. The number of benzene rings is 2. The summed E-state index contributed by atoms with van der Waals surface area (Å²) in [4.78, 5) is 27.9. The SMILES string of the molecule is CNC(=O)c1cc(Oc2ccc(NC(=O)Nc3cccc(S(C)(=O)=O)c3)cc2)ccn1. The van der Waals surface area contributed by atoms with Crippen molar-refractivity contribution in [3.63, 3.8) is 0 Å². The number of carbonyl (C=O) groups excluding carboxylic acids is 2.